The van der Waals surface area contributed by atoms with E-state index in [0.717, 1.165) is 9.87 Å². The van der Waals surface area contributed by atoms with Gasteiger partial charge in [0.1, 0.15) is 5.41 Å². The van der Waals surface area contributed by atoms with E-state index in [2.05, 4.69) is 0 Å². The van der Waals surface area contributed by atoms with Crippen molar-refractivity contribution in [2.24, 2.45) is 0 Å². The Labute approximate surface area is 186 Å². The second-order valence-corrected chi connectivity index (χ2v) is 11.2. The molecule has 0 aliphatic carbocycles. The number of alkyl halides is 2. The molecule has 2 aliphatic rings. The number of aliphatic hydroxyl groups is 1. The van der Waals surface area contributed by atoms with E-state index < -0.39 is 31.9 Å². The zero-order valence-electron chi connectivity index (χ0n) is 16.7. The molecular formula is C21H22Cl2N2O4S. The van der Waals surface area contributed by atoms with Gasteiger partial charge in [-0.25, -0.2) is 12.7 Å². The maximum Gasteiger partial charge on any atom is 0.266 e. The normalized spacial score (nSPS) is 25.4. The fraction of sp³-hybridized carbons (Fsp3) is 0.381. The van der Waals surface area contributed by atoms with Gasteiger partial charge < -0.3 is 10.0 Å². The summed E-state index contributed by atoms with van der Waals surface area (Å²) >= 11 is 13.2. The number of hydrogen-bond donors (Lipinski definition) is 1. The summed E-state index contributed by atoms with van der Waals surface area (Å²) in [5.41, 5.74) is 0.0536. The largest absolute Gasteiger partial charge is 0.371 e. The molecular weight excluding hydrogens is 447 g/mol. The van der Waals surface area contributed by atoms with E-state index in [1.54, 1.807) is 36.4 Å². The molecule has 2 aliphatic heterocycles. The number of amides is 1. The number of sulfonamides is 1. The third-order valence-corrected chi connectivity index (χ3v) is 8.78. The molecule has 1 spiro atoms. The summed E-state index contributed by atoms with van der Waals surface area (Å²) in [5, 5.41) is 11.5. The molecule has 9 heteroatoms. The molecule has 1 N–H and O–H groups in total. The van der Waals surface area contributed by atoms with Crippen LogP contribution in [0.15, 0.2) is 53.4 Å². The van der Waals surface area contributed by atoms with E-state index in [-0.39, 0.29) is 23.2 Å². The van der Waals surface area contributed by atoms with Crippen molar-refractivity contribution < 1.29 is 18.3 Å². The lowest BCUT2D eigenvalue weighted by Crippen LogP contribution is -2.56. The highest BCUT2D eigenvalue weighted by Gasteiger charge is 2.72. The number of nitrogens with zero attached hydrogens (tertiary/aromatic N) is 2. The number of aryl methyl sites for hydroxylation is 1. The van der Waals surface area contributed by atoms with Gasteiger partial charge in [-0.05, 0) is 44.5 Å². The Bertz CT molecular complexity index is 1120. The van der Waals surface area contributed by atoms with Crippen LogP contribution in [0.5, 0.6) is 0 Å². The molecule has 2 aromatic carbocycles. The van der Waals surface area contributed by atoms with Crippen LogP contribution >= 0.6 is 23.2 Å². The standard InChI is InChI=1S/C21H22Cl2N2O4S/c1-13(2)24-12-20(21(22,23)19(24)27)16-6-4-5-7-17(16)25(18(20)26)30(28,29)15-10-8-14(3)9-11-15/h4-11,13,18,26H,12H2,1-3H3. The Morgan fingerprint density at radius 2 is 1.70 bits per heavy atom. The van der Waals surface area contributed by atoms with E-state index in [4.69, 9.17) is 23.2 Å². The Morgan fingerprint density at radius 3 is 2.27 bits per heavy atom. The molecule has 1 amide bonds. The van der Waals surface area contributed by atoms with E-state index in [0.29, 0.717) is 5.56 Å². The quantitative estimate of drug-likeness (QED) is 0.701. The van der Waals surface area contributed by atoms with Crippen molar-refractivity contribution in [3.8, 4) is 0 Å². The summed E-state index contributed by atoms with van der Waals surface area (Å²) in [6, 6.07) is 12.8. The van der Waals surface area contributed by atoms with Gasteiger partial charge in [-0.15, -0.1) is 0 Å². The summed E-state index contributed by atoms with van der Waals surface area (Å²) in [5.74, 6) is -0.552. The van der Waals surface area contributed by atoms with Crippen molar-refractivity contribution in [1.29, 1.82) is 0 Å². The Morgan fingerprint density at radius 1 is 1.10 bits per heavy atom. The van der Waals surface area contributed by atoms with Crippen molar-refractivity contribution in [1.82, 2.24) is 4.90 Å². The molecule has 160 valence electrons. The molecule has 0 aromatic heterocycles. The van der Waals surface area contributed by atoms with Crippen LogP contribution in [0.1, 0.15) is 25.0 Å². The van der Waals surface area contributed by atoms with Crippen molar-refractivity contribution >= 4 is 44.8 Å². The van der Waals surface area contributed by atoms with Crippen LogP contribution in [-0.2, 0) is 20.2 Å². The summed E-state index contributed by atoms with van der Waals surface area (Å²) in [6.07, 6.45) is -1.66. The smallest absolute Gasteiger partial charge is 0.266 e. The number of carbonyl (C=O) groups excluding carboxylic acids is 1. The van der Waals surface area contributed by atoms with Gasteiger partial charge in [0.2, 0.25) is 4.33 Å². The molecule has 6 nitrogen and oxygen atoms in total. The number of anilines is 1. The molecule has 4 rings (SSSR count). The van der Waals surface area contributed by atoms with E-state index in [1.807, 2.05) is 20.8 Å². The Hall–Kier alpha value is -1.80. The predicted octanol–water partition coefficient (Wildman–Crippen LogP) is 3.18. The lowest BCUT2D eigenvalue weighted by molar-refractivity contribution is -0.129. The zero-order chi connectivity index (χ0) is 22.1. The minimum Gasteiger partial charge on any atom is -0.371 e. The van der Waals surface area contributed by atoms with Crippen LogP contribution in [0.25, 0.3) is 0 Å². The average Bonchev–Trinajstić information content (AvgIpc) is 3.07. The third kappa shape index (κ3) is 2.65. The van der Waals surface area contributed by atoms with Gasteiger partial charge in [0, 0.05) is 12.6 Å². The number of benzene rings is 2. The van der Waals surface area contributed by atoms with E-state index in [1.165, 1.54) is 17.0 Å². The number of likely N-dealkylation sites (tertiary alicyclic amines) is 1. The van der Waals surface area contributed by atoms with Crippen LogP contribution in [-0.4, -0.2) is 47.5 Å². The fourth-order valence-electron chi connectivity index (χ4n) is 4.32. The topological polar surface area (TPSA) is 77.9 Å². The van der Waals surface area contributed by atoms with Crippen LogP contribution in [0.2, 0.25) is 0 Å². The highest BCUT2D eigenvalue weighted by molar-refractivity contribution is 7.92. The highest BCUT2D eigenvalue weighted by atomic mass is 35.5. The van der Waals surface area contributed by atoms with Crippen molar-refractivity contribution in [2.45, 2.75) is 47.7 Å². The van der Waals surface area contributed by atoms with E-state index >= 15 is 0 Å². The minimum absolute atomic E-state index is 0.00536. The van der Waals surface area contributed by atoms with Crippen LogP contribution in [0.3, 0.4) is 0 Å². The van der Waals surface area contributed by atoms with Gasteiger partial charge in [0.25, 0.3) is 15.9 Å². The first-order chi connectivity index (χ1) is 14.0. The van der Waals surface area contributed by atoms with Crippen LogP contribution in [0, 0.1) is 6.92 Å². The summed E-state index contributed by atoms with van der Waals surface area (Å²) in [7, 11) is -4.15. The van der Waals surface area contributed by atoms with Gasteiger partial charge in [-0.3, -0.25) is 4.79 Å². The molecule has 1 fully saturated rings. The number of aliphatic hydroxyl groups excluding tert-OH is 1. The van der Waals surface area contributed by atoms with Crippen LogP contribution < -0.4 is 4.31 Å². The van der Waals surface area contributed by atoms with Gasteiger partial charge >= 0.3 is 0 Å². The average molecular weight is 469 g/mol. The third-order valence-electron chi connectivity index (χ3n) is 6.00. The molecule has 0 radical (unpaired) electrons. The summed E-state index contributed by atoms with van der Waals surface area (Å²) in [6.45, 7) is 5.48. The monoisotopic (exact) mass is 468 g/mol. The molecule has 30 heavy (non-hydrogen) atoms. The number of fused-ring (bicyclic) bond motifs is 2. The molecule has 0 bridgehead atoms. The molecule has 1 saturated heterocycles. The van der Waals surface area contributed by atoms with Crippen LogP contribution in [0.4, 0.5) is 5.69 Å². The molecule has 2 atom stereocenters. The van der Waals surface area contributed by atoms with Crippen molar-refractivity contribution in [3.05, 3.63) is 59.7 Å². The number of para-hydroxylation sites is 1. The zero-order valence-corrected chi connectivity index (χ0v) is 19.0. The number of hydrogen-bond acceptors (Lipinski definition) is 4. The van der Waals surface area contributed by atoms with Gasteiger partial charge in [0.15, 0.2) is 6.23 Å². The number of halogens is 2. The lowest BCUT2D eigenvalue weighted by atomic mass is 9.79. The SMILES string of the molecule is Cc1ccc(S(=O)(=O)N2c3ccccc3C3(CN(C(C)C)C(=O)C3(Cl)Cl)C2O)cc1. The molecule has 2 aromatic rings. The minimum atomic E-state index is -4.15. The first-order valence-corrected chi connectivity index (χ1v) is 11.7. The Kier molecular flexibility index (Phi) is 4.90. The lowest BCUT2D eigenvalue weighted by Gasteiger charge is -2.36. The number of rotatable bonds is 3. The summed E-state index contributed by atoms with van der Waals surface area (Å²) < 4.78 is 26.0. The first kappa shape index (κ1) is 21.4. The second-order valence-electron chi connectivity index (χ2n) is 8.08. The fourth-order valence-corrected chi connectivity index (χ4v) is 6.63. The predicted molar refractivity (Wildman–Crippen MR) is 116 cm³/mol. The maximum atomic E-state index is 13.5. The highest BCUT2D eigenvalue weighted by Crippen LogP contribution is 2.59. The molecule has 2 heterocycles. The maximum absolute atomic E-state index is 13.5. The number of carbonyl (C=O) groups is 1. The second kappa shape index (κ2) is 6.85. The first-order valence-electron chi connectivity index (χ1n) is 9.54. The van der Waals surface area contributed by atoms with Crippen molar-refractivity contribution in [2.75, 3.05) is 10.8 Å². The molecule has 0 saturated carbocycles. The molecule has 2 unspecified atom stereocenters. The van der Waals surface area contributed by atoms with Crippen molar-refractivity contribution in [3.63, 3.8) is 0 Å². The van der Waals surface area contributed by atoms with E-state index in [9.17, 15) is 18.3 Å². The van der Waals surface area contributed by atoms with Gasteiger partial charge in [0.05, 0.1) is 10.6 Å². The van der Waals surface area contributed by atoms with Gasteiger partial charge in [-0.1, -0.05) is 59.1 Å². The van der Waals surface area contributed by atoms with Gasteiger partial charge in [-0.2, -0.15) is 0 Å². The Balaban J connectivity index is 1.94. The summed E-state index contributed by atoms with van der Waals surface area (Å²) in [4.78, 5) is 14.5.